The van der Waals surface area contributed by atoms with E-state index in [2.05, 4.69) is 27.4 Å². The van der Waals surface area contributed by atoms with E-state index in [-0.39, 0.29) is 23.8 Å². The Morgan fingerprint density at radius 2 is 1.87 bits per heavy atom. The minimum atomic E-state index is -0.896. The van der Waals surface area contributed by atoms with Gasteiger partial charge >= 0.3 is 5.97 Å². The fourth-order valence-corrected chi connectivity index (χ4v) is 1.62. The standard InChI is InChI=1S/C14H20N2O5.CH3Cl/c1-14(2,15)13(20)16-9(12(19)21-3)6-8-4-5-10(17)11(18)7-8;1-2/h4-5,7,9,17-18H,6,15H2,1-3H3,(H,16,20);1H3/p+1. The van der Waals surface area contributed by atoms with E-state index in [1.807, 2.05) is 0 Å². The molecule has 0 bridgehead atoms. The number of benzene rings is 1. The van der Waals surface area contributed by atoms with Crippen LogP contribution in [0.4, 0.5) is 0 Å². The van der Waals surface area contributed by atoms with E-state index in [9.17, 15) is 19.8 Å². The summed E-state index contributed by atoms with van der Waals surface area (Å²) in [7, 11) is 1.23. The van der Waals surface area contributed by atoms with Gasteiger partial charge < -0.3 is 26.0 Å². The number of rotatable bonds is 5. The van der Waals surface area contributed by atoms with Crippen molar-refractivity contribution in [3.05, 3.63) is 23.8 Å². The maximum absolute atomic E-state index is 11.9. The average molecular weight is 348 g/mol. The Bertz CT molecular complexity index is 543. The predicted molar refractivity (Wildman–Crippen MR) is 86.2 cm³/mol. The van der Waals surface area contributed by atoms with Crippen molar-refractivity contribution in [3.63, 3.8) is 0 Å². The summed E-state index contributed by atoms with van der Waals surface area (Å²) in [5.41, 5.74) is 3.39. The highest BCUT2D eigenvalue weighted by molar-refractivity contribution is 6.15. The molecule has 6 N–H and O–H groups in total. The molecule has 0 heterocycles. The normalized spacial score (nSPS) is 11.7. The fraction of sp³-hybridized carbons (Fsp3) is 0.467. The van der Waals surface area contributed by atoms with Crippen LogP contribution in [-0.4, -0.2) is 47.2 Å². The van der Waals surface area contributed by atoms with Crippen LogP contribution in [0, 0.1) is 0 Å². The maximum Gasteiger partial charge on any atom is 0.328 e. The van der Waals surface area contributed by atoms with Crippen LogP contribution in [0.5, 0.6) is 11.5 Å². The zero-order valence-corrected chi connectivity index (χ0v) is 14.5. The van der Waals surface area contributed by atoms with Crippen LogP contribution in [0.25, 0.3) is 0 Å². The lowest BCUT2D eigenvalue weighted by molar-refractivity contribution is -0.446. The molecule has 1 aromatic carbocycles. The second-order valence-corrected chi connectivity index (χ2v) is 5.46. The number of quaternary nitrogens is 1. The molecule has 0 aromatic heterocycles. The van der Waals surface area contributed by atoms with Crippen molar-refractivity contribution in [1.82, 2.24) is 5.32 Å². The molecule has 0 radical (unpaired) electrons. The van der Waals surface area contributed by atoms with Crippen LogP contribution in [0.3, 0.4) is 0 Å². The Kier molecular flexibility index (Phi) is 8.42. The van der Waals surface area contributed by atoms with Crippen molar-refractivity contribution >= 4 is 23.5 Å². The first-order chi connectivity index (χ1) is 10.6. The molecule has 23 heavy (non-hydrogen) atoms. The molecular formula is C15H24ClN2O5+. The van der Waals surface area contributed by atoms with Crippen molar-refractivity contribution in [1.29, 1.82) is 0 Å². The first kappa shape index (κ1) is 21.0. The predicted octanol–water partition coefficient (Wildman–Crippen LogP) is 0.174. The summed E-state index contributed by atoms with van der Waals surface area (Å²) in [6.45, 7) is 3.26. The smallest absolute Gasteiger partial charge is 0.328 e. The highest BCUT2D eigenvalue weighted by Crippen LogP contribution is 2.25. The van der Waals surface area contributed by atoms with Crippen molar-refractivity contribution < 1.29 is 30.3 Å². The second-order valence-electron chi connectivity index (χ2n) is 5.46. The number of esters is 1. The van der Waals surface area contributed by atoms with Gasteiger partial charge in [0.2, 0.25) is 0 Å². The molecule has 0 fully saturated rings. The molecule has 1 atom stereocenters. The molecule has 0 aliphatic carbocycles. The van der Waals surface area contributed by atoms with Crippen molar-refractivity contribution in [2.24, 2.45) is 0 Å². The van der Waals surface area contributed by atoms with Gasteiger partial charge in [-0.1, -0.05) is 6.07 Å². The summed E-state index contributed by atoms with van der Waals surface area (Å²) >= 11 is 4.64. The van der Waals surface area contributed by atoms with Crippen LogP contribution in [-0.2, 0) is 20.7 Å². The molecule has 1 aromatic rings. The third-order valence-electron chi connectivity index (χ3n) is 2.89. The minimum Gasteiger partial charge on any atom is -0.504 e. The van der Waals surface area contributed by atoms with Gasteiger partial charge in [0.25, 0.3) is 5.91 Å². The van der Waals surface area contributed by atoms with Gasteiger partial charge in [-0.05, 0) is 31.5 Å². The first-order valence-corrected chi connectivity index (χ1v) is 7.53. The number of hydrogen-bond donors (Lipinski definition) is 4. The highest BCUT2D eigenvalue weighted by Gasteiger charge is 2.31. The topological polar surface area (TPSA) is 124 Å². The molecule has 0 aliphatic heterocycles. The summed E-state index contributed by atoms with van der Waals surface area (Å²) in [4.78, 5) is 23.7. The molecule has 130 valence electrons. The number of alkyl halides is 1. The number of nitrogens with one attached hydrogen (secondary N) is 1. The summed E-state index contributed by atoms with van der Waals surface area (Å²) in [6, 6.07) is 3.29. The molecular weight excluding hydrogens is 324 g/mol. The van der Waals surface area contributed by atoms with Gasteiger partial charge in [0.05, 0.1) is 7.11 Å². The fourth-order valence-electron chi connectivity index (χ4n) is 1.62. The first-order valence-electron chi connectivity index (χ1n) is 6.78. The van der Waals surface area contributed by atoms with Gasteiger partial charge in [-0.3, -0.25) is 4.79 Å². The van der Waals surface area contributed by atoms with E-state index in [1.165, 1.54) is 25.6 Å². The number of hydrogen-bond acceptors (Lipinski definition) is 5. The molecule has 1 unspecified atom stereocenters. The maximum atomic E-state index is 11.9. The molecule has 7 nitrogen and oxygen atoms in total. The number of halogens is 1. The van der Waals surface area contributed by atoms with E-state index in [0.29, 0.717) is 5.56 Å². The van der Waals surface area contributed by atoms with Gasteiger partial charge in [-0.2, -0.15) is 0 Å². The minimum absolute atomic E-state index is 0.127. The Labute approximate surface area is 140 Å². The van der Waals surface area contributed by atoms with Gasteiger partial charge in [-0.15, -0.1) is 11.6 Å². The second kappa shape index (κ2) is 9.22. The highest BCUT2D eigenvalue weighted by atomic mass is 35.5. The van der Waals surface area contributed by atoms with Crippen LogP contribution >= 0.6 is 11.6 Å². The Morgan fingerprint density at radius 3 is 2.30 bits per heavy atom. The van der Waals surface area contributed by atoms with Crippen LogP contribution in [0.2, 0.25) is 0 Å². The molecule has 0 saturated heterocycles. The molecule has 8 heteroatoms. The van der Waals surface area contributed by atoms with Crippen molar-refractivity contribution in [2.45, 2.75) is 31.8 Å². The number of ether oxygens (including phenoxy) is 1. The Hall–Kier alpha value is -1.99. The third-order valence-corrected chi connectivity index (χ3v) is 2.89. The van der Waals surface area contributed by atoms with Gasteiger partial charge in [0.1, 0.15) is 6.04 Å². The van der Waals surface area contributed by atoms with E-state index in [0.717, 1.165) is 0 Å². The van der Waals surface area contributed by atoms with Crippen LogP contribution in [0.1, 0.15) is 19.4 Å². The number of methoxy groups -OCH3 is 1. The van der Waals surface area contributed by atoms with Gasteiger partial charge in [0.15, 0.2) is 17.0 Å². The summed E-state index contributed by atoms with van der Waals surface area (Å²) < 4.78 is 4.67. The SMILES string of the molecule is CCl.COC(=O)C(Cc1ccc(O)c(O)c1)NC(=O)C(C)(C)[NH3+]. The zero-order chi connectivity index (χ0) is 18.2. The van der Waals surface area contributed by atoms with Gasteiger partial charge in [-0.25, -0.2) is 4.79 Å². The summed E-state index contributed by atoms with van der Waals surface area (Å²) in [5, 5.41) is 21.3. The van der Waals surface area contributed by atoms with E-state index < -0.39 is 17.6 Å². The number of carbonyl (C=O) groups excluding carboxylic acids is 2. The lowest BCUT2D eigenvalue weighted by Gasteiger charge is -2.21. The van der Waals surface area contributed by atoms with E-state index >= 15 is 0 Å². The summed E-state index contributed by atoms with van der Waals surface area (Å²) in [6.07, 6.45) is 1.60. The number of carbonyl (C=O) groups is 2. The van der Waals surface area contributed by atoms with E-state index in [4.69, 9.17) is 0 Å². The molecule has 1 rings (SSSR count). The molecule has 0 saturated carbocycles. The van der Waals surface area contributed by atoms with Crippen molar-refractivity contribution in [2.75, 3.05) is 13.5 Å². The lowest BCUT2D eigenvalue weighted by atomic mass is 10.0. The molecule has 0 aliphatic rings. The monoisotopic (exact) mass is 347 g/mol. The van der Waals surface area contributed by atoms with Gasteiger partial charge in [0, 0.05) is 12.8 Å². The zero-order valence-electron chi connectivity index (χ0n) is 13.7. The lowest BCUT2D eigenvalue weighted by Crippen LogP contribution is -2.76. The largest absolute Gasteiger partial charge is 0.504 e. The quantitative estimate of drug-likeness (QED) is 0.343. The average Bonchev–Trinajstić information content (AvgIpc) is 2.50. The molecule has 0 spiro atoms. The van der Waals surface area contributed by atoms with Crippen LogP contribution in [0.15, 0.2) is 18.2 Å². The summed E-state index contributed by atoms with van der Waals surface area (Å²) in [5.74, 6) is -1.53. The third kappa shape index (κ3) is 6.75. The van der Waals surface area contributed by atoms with Crippen molar-refractivity contribution in [3.8, 4) is 11.5 Å². The number of amides is 1. The van der Waals surface area contributed by atoms with E-state index in [1.54, 1.807) is 19.9 Å². The Morgan fingerprint density at radius 1 is 1.30 bits per heavy atom. The Balaban J connectivity index is 0.00000232. The number of aromatic hydroxyl groups is 2. The number of phenols is 2. The van der Waals surface area contributed by atoms with Crippen LogP contribution < -0.4 is 11.1 Å². The molecule has 1 amide bonds. The number of phenolic OH excluding ortho intramolecular Hbond substituents is 2.